The Morgan fingerprint density at radius 2 is 0.436 bits per heavy atom. The fourth-order valence-corrected chi connectivity index (χ4v) is 6.98. The fourth-order valence-electron chi connectivity index (χ4n) is 6.98. The first-order chi connectivity index (χ1) is 70.1. The van der Waals surface area contributed by atoms with Crippen molar-refractivity contribution in [1.82, 2.24) is 10.6 Å². The van der Waals surface area contributed by atoms with Crippen LogP contribution in [0, 0.1) is 128 Å². The van der Waals surface area contributed by atoms with Crippen LogP contribution in [0.4, 0.5) is 0 Å². The molecule has 852 valence electrons. The average Bonchev–Trinajstić information content (AvgIpc) is 0.848. The Morgan fingerprint density at radius 3 is 0.570 bits per heavy atom. The molecule has 0 aliphatic rings. The Morgan fingerprint density at radius 1 is 0.262 bits per heavy atom. The number of nitrogens with zero attached hydrogens (tertiary/aromatic N) is 5. The minimum atomic E-state index is -0.706. The molecule has 0 aliphatic carbocycles. The van der Waals surface area contributed by atoms with Gasteiger partial charge in [0.1, 0.15) is 72.7 Å². The van der Waals surface area contributed by atoms with Gasteiger partial charge in [0.25, 0.3) is 0 Å². The van der Waals surface area contributed by atoms with Gasteiger partial charge in [-0.2, -0.15) is 26.3 Å². The van der Waals surface area contributed by atoms with Gasteiger partial charge in [-0.1, -0.05) is 185 Å². The van der Waals surface area contributed by atoms with Crippen molar-refractivity contribution >= 4 is 107 Å². The van der Waals surface area contributed by atoms with Crippen LogP contribution in [0.15, 0.2) is 62.3 Å². The molecular weight excluding hydrogens is 1940 g/mol. The third-order valence-corrected chi connectivity index (χ3v) is 19.8. The maximum Gasteiger partial charge on any atom is 0.330 e. The monoisotopic (exact) mass is 2120 g/mol. The van der Waals surface area contributed by atoms with E-state index in [0.717, 1.165) is 76.0 Å². The van der Waals surface area contributed by atoms with Gasteiger partial charge in [0, 0.05) is 60.5 Å². The second-order valence-corrected chi connectivity index (χ2v) is 32.9. The molecule has 0 aromatic carbocycles. The van der Waals surface area contributed by atoms with Crippen LogP contribution in [0.2, 0.25) is 0 Å². The molecule has 4 N–H and O–H groups in total. The van der Waals surface area contributed by atoms with E-state index in [1.165, 1.54) is 0 Å². The summed E-state index contributed by atoms with van der Waals surface area (Å²) in [5, 5.41) is 62.1. The predicted octanol–water partition coefficient (Wildman–Crippen LogP) is 17.2. The van der Waals surface area contributed by atoms with Crippen LogP contribution in [0.25, 0.3) is 0 Å². The third-order valence-electron chi connectivity index (χ3n) is 19.8. The molecule has 12 unspecified atom stereocenters. The summed E-state index contributed by atoms with van der Waals surface area (Å²) in [6.45, 7) is 67.1. The van der Waals surface area contributed by atoms with Crippen LogP contribution in [0.3, 0.4) is 0 Å². The number of aliphatic carboxylic acids is 2. The summed E-state index contributed by atoms with van der Waals surface area (Å²) in [6, 6.07) is 9.94. The Labute approximate surface area is 887 Å². The summed E-state index contributed by atoms with van der Waals surface area (Å²) < 4.78 is 67.7. The smallest absolute Gasteiger partial charge is 0.330 e. The van der Waals surface area contributed by atoms with E-state index < -0.39 is 47.8 Å². The van der Waals surface area contributed by atoms with Crippen LogP contribution in [-0.2, 0) is 153 Å². The van der Waals surface area contributed by atoms with Crippen LogP contribution < -0.4 is 10.6 Å². The van der Waals surface area contributed by atoms with Crippen molar-refractivity contribution in [2.45, 2.75) is 315 Å². The van der Waals surface area contributed by atoms with Gasteiger partial charge >= 0.3 is 95.5 Å². The molecule has 0 radical (unpaired) electrons. The Kier molecular flexibility index (Phi) is 126. The number of nitriles is 5. The summed E-state index contributed by atoms with van der Waals surface area (Å²) in [7, 11) is 0. The molecule has 41 heteroatoms. The molecule has 0 saturated heterocycles. The van der Waals surface area contributed by atoms with Crippen molar-refractivity contribution in [2.75, 3.05) is 106 Å². The number of amides is 2. The highest BCUT2D eigenvalue weighted by atomic mass is 16.6. The molecule has 0 saturated carbocycles. The summed E-state index contributed by atoms with van der Waals surface area (Å²) in [5.74, 6) is -7.21. The van der Waals surface area contributed by atoms with Crippen molar-refractivity contribution in [3.63, 3.8) is 0 Å². The molecule has 0 bridgehead atoms. The van der Waals surface area contributed by atoms with Crippen molar-refractivity contribution in [3.05, 3.63) is 62.3 Å². The first-order valence-electron chi connectivity index (χ1n) is 50.5. The summed E-state index contributed by atoms with van der Waals surface area (Å²) in [5.41, 5.74) is 0.895. The van der Waals surface area contributed by atoms with Gasteiger partial charge in [-0.05, 0) is 124 Å². The quantitative estimate of drug-likeness (QED) is 0.0190. The number of carboxylic acid groups (broad SMARTS) is 2. The number of nitrogens with one attached hydrogen (secondary N) is 2. The molecule has 0 fully saturated rings. The van der Waals surface area contributed by atoms with Gasteiger partial charge in [-0.3, -0.25) is 71.9 Å². The lowest BCUT2D eigenvalue weighted by Crippen LogP contribution is -2.29. The SMILES string of the molecule is C=C(C)C(=O)NCCOC(=O)C(C)CC.C=C(C)C(=O)NCCOC(=O)C(C)CC.C=CC(=O)OCCCC(=O)OCCOC(=O)C(C)CC.C=CC(=O)OCCCC(=O)OCCOC(=O)C(C)CC.C=CC(=O)OCCCC(=O)OCCOC(=O)C(C)CC.CCC(C)C#N.CCC(C)C#N.CCC(C)C(=O)O.CCC(C)C(=O)O.CCC(C)C(=O)OCCC#N.CCC(C)C(=O)OCCC#N.CCC(C)C(=O)OCCC#N. The van der Waals surface area contributed by atoms with Crippen molar-refractivity contribution in [1.29, 1.82) is 26.3 Å². The maximum absolute atomic E-state index is 11.3. The van der Waals surface area contributed by atoms with Crippen LogP contribution in [0.5, 0.6) is 0 Å². The largest absolute Gasteiger partial charge is 0.481 e. The van der Waals surface area contributed by atoms with E-state index in [0.29, 0.717) is 62.8 Å². The molecule has 0 heterocycles. The van der Waals surface area contributed by atoms with Gasteiger partial charge in [-0.15, -0.1) is 0 Å². The molecule has 41 nitrogen and oxygen atoms in total. The molecule has 0 aliphatic heterocycles. The normalized spacial score (nSPS) is 11.8. The molecule has 0 rings (SSSR count). The fraction of sp³-hybridized carbons (Fsp3) is 0.694. The van der Waals surface area contributed by atoms with Gasteiger partial charge in [0.05, 0.1) is 142 Å². The van der Waals surface area contributed by atoms with E-state index in [-0.39, 0.29) is 262 Å². The molecule has 0 aromatic rings. The minimum Gasteiger partial charge on any atom is -0.481 e. The van der Waals surface area contributed by atoms with Gasteiger partial charge < -0.3 is 87.2 Å². The lowest BCUT2D eigenvalue weighted by Gasteiger charge is -2.09. The highest BCUT2D eigenvalue weighted by Gasteiger charge is 2.20. The number of rotatable bonds is 60. The van der Waals surface area contributed by atoms with Gasteiger partial charge in [0.15, 0.2) is 0 Å². The minimum absolute atomic E-state index is 0.0352. The first-order valence-corrected chi connectivity index (χ1v) is 50.5. The average molecular weight is 2120 g/mol. The number of esters is 14. The van der Waals surface area contributed by atoms with Crippen LogP contribution >= 0.6 is 0 Å². The molecular formula is C108H181N7O34. The summed E-state index contributed by atoms with van der Waals surface area (Å²) in [4.78, 5) is 197. The highest BCUT2D eigenvalue weighted by molar-refractivity contribution is 5.92. The number of carbonyl (C=O) groups excluding carboxylic acids is 16. The van der Waals surface area contributed by atoms with Crippen molar-refractivity contribution < 1.29 is 163 Å². The highest BCUT2D eigenvalue weighted by Crippen LogP contribution is 2.11. The summed E-state index contributed by atoms with van der Waals surface area (Å²) in [6.07, 6.45) is 15.0. The van der Waals surface area contributed by atoms with Crippen molar-refractivity contribution in [3.8, 4) is 30.3 Å². The van der Waals surface area contributed by atoms with E-state index in [1.807, 2.05) is 150 Å². The molecule has 149 heavy (non-hydrogen) atoms. The second kappa shape index (κ2) is 117. The number of ether oxygens (including phenoxy) is 14. The Hall–Kier alpha value is -13.4. The molecule has 0 aromatic heterocycles. The zero-order chi connectivity index (χ0) is 118. The molecule has 2 amide bonds. The summed E-state index contributed by atoms with van der Waals surface area (Å²) >= 11 is 0. The van der Waals surface area contributed by atoms with Crippen molar-refractivity contribution in [2.24, 2.45) is 71.0 Å². The van der Waals surface area contributed by atoms with E-state index in [1.54, 1.807) is 48.5 Å². The standard InChI is InChI=1S/3C14H22O6.2C11H19NO3.3C8H13NO2.2C5H9N.2C5H10O2/c3*1-4-11(3)14(17)20-10-9-19-13(16)7-6-8-18-12(15)5-2;2*1-5-9(4)11(14)15-7-6-12-10(13)8(2)3;3*1-3-7(2)8(10)11-6-4-5-9;2*1-3-5(2)4-6;2*1-3-4(2)5(6)7/h3*5,11H,2,4,6-10H2,1,3H3;2*9H,2,5-7H2,1,3-4H3,(H,12,13);3*7H,3-4,6H2,1-2H3;2*5H,3H2,1-2H3;2*4H,3H2,1-2H3,(H,6,7). The van der Waals surface area contributed by atoms with E-state index >= 15 is 0 Å². The number of carbonyl (C=O) groups is 18. The van der Waals surface area contributed by atoms with Gasteiger partial charge in [0.2, 0.25) is 11.8 Å². The Balaban J connectivity index is -0.000000140. The van der Waals surface area contributed by atoms with Gasteiger partial charge in [-0.25, -0.2) is 14.4 Å². The maximum atomic E-state index is 11.3. The Bertz CT molecular complexity index is 3630. The molecule has 0 spiro atoms. The van der Waals surface area contributed by atoms with E-state index in [9.17, 15) is 86.3 Å². The van der Waals surface area contributed by atoms with E-state index in [2.05, 4.69) is 55.7 Å². The third kappa shape index (κ3) is 121. The predicted molar refractivity (Wildman–Crippen MR) is 558 cm³/mol. The first kappa shape index (κ1) is 161. The second-order valence-electron chi connectivity index (χ2n) is 32.9. The number of hydrogen-bond donors (Lipinski definition) is 4. The topological polar surface area (TPSA) is 620 Å². The number of carboxylic acids is 2. The number of hydrogen-bond acceptors (Lipinski definition) is 37. The zero-order valence-corrected chi connectivity index (χ0v) is 94.1. The van der Waals surface area contributed by atoms with Crippen LogP contribution in [-0.4, -0.2) is 223 Å². The lowest BCUT2D eigenvalue weighted by atomic mass is 10.1. The lowest BCUT2D eigenvalue weighted by molar-refractivity contribution is -0.155. The van der Waals surface area contributed by atoms with E-state index in [4.69, 9.17) is 103 Å². The zero-order valence-electron chi connectivity index (χ0n) is 94.1. The van der Waals surface area contributed by atoms with Crippen LogP contribution in [0.1, 0.15) is 315 Å². The molecule has 12 atom stereocenters.